The van der Waals surface area contributed by atoms with Crippen LogP contribution in [0.1, 0.15) is 39.0 Å². The van der Waals surface area contributed by atoms with Crippen LogP contribution in [0.25, 0.3) is 0 Å². The Balaban J connectivity index is 1.76. The lowest BCUT2D eigenvalue weighted by molar-refractivity contribution is -0.248. The first-order chi connectivity index (χ1) is 7.86. The van der Waals surface area contributed by atoms with Crippen LogP contribution in [0.15, 0.2) is 0 Å². The van der Waals surface area contributed by atoms with Gasteiger partial charge in [0, 0.05) is 6.61 Å². The molecule has 1 heterocycles. The van der Waals surface area contributed by atoms with Gasteiger partial charge in [0.05, 0.1) is 11.4 Å². The van der Waals surface area contributed by atoms with Crippen molar-refractivity contribution in [3.63, 3.8) is 0 Å². The van der Waals surface area contributed by atoms with Crippen molar-refractivity contribution in [2.45, 2.75) is 50.9 Å². The Hall–Kier alpha value is -0.170. The molecule has 1 aliphatic heterocycles. The highest BCUT2D eigenvalue weighted by Crippen LogP contribution is 2.42. The topological polar surface area (TPSA) is 78.6 Å². The van der Waals surface area contributed by atoms with Gasteiger partial charge in [-0.05, 0) is 44.9 Å². The van der Waals surface area contributed by atoms with Crippen LogP contribution in [0.5, 0.6) is 0 Å². The van der Waals surface area contributed by atoms with Crippen molar-refractivity contribution in [1.29, 1.82) is 0 Å². The summed E-state index contributed by atoms with van der Waals surface area (Å²) in [6.45, 7) is 2.78. The van der Waals surface area contributed by atoms with Gasteiger partial charge in [-0.3, -0.25) is 0 Å². The van der Waals surface area contributed by atoms with Gasteiger partial charge in [-0.1, -0.05) is 0 Å². The van der Waals surface area contributed by atoms with Crippen LogP contribution in [0.3, 0.4) is 0 Å². The molecule has 0 bridgehead atoms. The van der Waals surface area contributed by atoms with Crippen LogP contribution < -0.4 is 5.14 Å². The smallest absolute Gasteiger partial charge is 0.209 e. The first-order valence-electron chi connectivity index (χ1n) is 6.16. The molecule has 1 saturated carbocycles. The van der Waals surface area contributed by atoms with Crippen molar-refractivity contribution in [2.75, 3.05) is 12.4 Å². The molecule has 6 heteroatoms. The molecule has 0 aromatic heterocycles. The summed E-state index contributed by atoms with van der Waals surface area (Å²) in [6, 6.07) is 0. The van der Waals surface area contributed by atoms with Gasteiger partial charge < -0.3 is 9.47 Å². The molecule has 2 N–H and O–H groups in total. The summed E-state index contributed by atoms with van der Waals surface area (Å²) in [4.78, 5) is 0. The lowest BCUT2D eigenvalue weighted by atomic mass is 9.73. The summed E-state index contributed by atoms with van der Waals surface area (Å²) in [5.74, 6) is 0.205. The van der Waals surface area contributed by atoms with E-state index in [0.717, 1.165) is 38.7 Å². The molecule has 1 atom stereocenters. The lowest BCUT2D eigenvalue weighted by Crippen LogP contribution is -2.49. The molecule has 0 radical (unpaired) electrons. The van der Waals surface area contributed by atoms with Crippen molar-refractivity contribution >= 4 is 10.0 Å². The van der Waals surface area contributed by atoms with Crippen LogP contribution in [0.2, 0.25) is 0 Å². The van der Waals surface area contributed by atoms with E-state index >= 15 is 0 Å². The van der Waals surface area contributed by atoms with E-state index in [1.807, 2.05) is 6.92 Å². The third kappa shape index (κ3) is 3.91. The molecule has 1 unspecified atom stereocenters. The second-order valence-corrected chi connectivity index (χ2v) is 7.13. The summed E-state index contributed by atoms with van der Waals surface area (Å²) in [7, 11) is -3.35. The van der Waals surface area contributed by atoms with Gasteiger partial charge in [0.15, 0.2) is 6.29 Å². The molecule has 2 fully saturated rings. The van der Waals surface area contributed by atoms with Gasteiger partial charge in [0.25, 0.3) is 0 Å². The molecular formula is C11H21NO4S. The monoisotopic (exact) mass is 263 g/mol. The summed E-state index contributed by atoms with van der Waals surface area (Å²) in [5.41, 5.74) is -0.225. The third-order valence-electron chi connectivity index (χ3n) is 3.46. The number of sulfonamides is 1. The molecule has 2 rings (SSSR count). The summed E-state index contributed by atoms with van der Waals surface area (Å²) >= 11 is 0. The zero-order valence-corrected chi connectivity index (χ0v) is 11.0. The van der Waals surface area contributed by atoms with Gasteiger partial charge in [-0.25, -0.2) is 13.6 Å². The molecule has 5 nitrogen and oxygen atoms in total. The molecule has 0 spiro atoms. The van der Waals surface area contributed by atoms with Crippen LogP contribution in [0, 0.1) is 5.92 Å². The Kier molecular flexibility index (Phi) is 3.77. The van der Waals surface area contributed by atoms with E-state index in [1.54, 1.807) is 0 Å². The third-order valence-corrected chi connectivity index (χ3v) is 4.40. The van der Waals surface area contributed by atoms with E-state index in [1.165, 1.54) is 0 Å². The largest absolute Gasteiger partial charge is 0.353 e. The van der Waals surface area contributed by atoms with Gasteiger partial charge in [0.1, 0.15) is 0 Å². The fourth-order valence-corrected chi connectivity index (χ4v) is 3.72. The van der Waals surface area contributed by atoms with Crippen LogP contribution in [0.4, 0.5) is 0 Å². The van der Waals surface area contributed by atoms with Crippen LogP contribution in [-0.4, -0.2) is 32.7 Å². The summed E-state index contributed by atoms with van der Waals surface area (Å²) in [5, 5.41) is 5.03. The maximum atomic E-state index is 10.9. The Bertz CT molecular complexity index is 356. The quantitative estimate of drug-likeness (QED) is 0.820. The molecule has 1 saturated heterocycles. The predicted molar refractivity (Wildman–Crippen MR) is 63.8 cm³/mol. The van der Waals surface area contributed by atoms with Crippen LogP contribution in [-0.2, 0) is 19.5 Å². The number of hydrogen-bond donors (Lipinski definition) is 1. The molecular weight excluding hydrogens is 242 g/mol. The van der Waals surface area contributed by atoms with E-state index in [9.17, 15) is 8.42 Å². The molecule has 0 aromatic carbocycles. The average molecular weight is 263 g/mol. The molecule has 100 valence electrons. The van der Waals surface area contributed by atoms with Gasteiger partial charge in [0.2, 0.25) is 10.0 Å². The van der Waals surface area contributed by atoms with Crippen LogP contribution >= 0.6 is 0 Å². The number of nitrogens with two attached hydrogens (primary N) is 1. The molecule has 1 aliphatic carbocycles. The zero-order chi connectivity index (χ0) is 12.5. The molecule has 2 aliphatic rings. The van der Waals surface area contributed by atoms with E-state index in [-0.39, 0.29) is 23.6 Å². The van der Waals surface area contributed by atoms with Crippen molar-refractivity contribution in [3.8, 4) is 0 Å². The van der Waals surface area contributed by atoms with E-state index in [4.69, 9.17) is 14.6 Å². The molecule has 0 amide bonds. The van der Waals surface area contributed by atoms with E-state index in [0.29, 0.717) is 0 Å². The number of rotatable bonds is 4. The summed E-state index contributed by atoms with van der Waals surface area (Å²) in [6.07, 6.45) is 4.58. The van der Waals surface area contributed by atoms with E-state index in [2.05, 4.69) is 0 Å². The Morgan fingerprint density at radius 1 is 1.41 bits per heavy atom. The van der Waals surface area contributed by atoms with Crippen molar-refractivity contribution in [2.24, 2.45) is 11.1 Å². The standard InChI is InChI=1S/C11H21NO4S/c1-11(16-10-4-2-3-5-15-10)6-9(7-11)8-17(12,13)14/h9-10H,2-8H2,1H3,(H2,12,13,14). The maximum absolute atomic E-state index is 10.9. The number of ether oxygens (including phenoxy) is 2. The van der Waals surface area contributed by atoms with E-state index < -0.39 is 10.0 Å². The maximum Gasteiger partial charge on any atom is 0.209 e. The van der Waals surface area contributed by atoms with Crippen molar-refractivity contribution in [1.82, 2.24) is 0 Å². The van der Waals surface area contributed by atoms with Gasteiger partial charge in [-0.2, -0.15) is 0 Å². The summed E-state index contributed by atoms with van der Waals surface area (Å²) < 4.78 is 33.3. The normalized spacial score (nSPS) is 38.7. The van der Waals surface area contributed by atoms with Gasteiger partial charge >= 0.3 is 0 Å². The SMILES string of the molecule is CC1(OC2CCCCO2)CC(CS(N)(=O)=O)C1. The second kappa shape index (κ2) is 4.84. The minimum absolute atomic E-state index is 0.0669. The predicted octanol–water partition coefficient (Wildman–Crippen LogP) is 0.987. The average Bonchev–Trinajstić information content (AvgIpc) is 2.14. The van der Waals surface area contributed by atoms with Gasteiger partial charge in [-0.15, -0.1) is 0 Å². The number of primary sulfonamides is 1. The highest BCUT2D eigenvalue weighted by atomic mass is 32.2. The Morgan fingerprint density at radius 3 is 2.65 bits per heavy atom. The second-order valence-electron chi connectivity index (χ2n) is 5.47. The highest BCUT2D eigenvalue weighted by Gasteiger charge is 2.44. The molecule has 0 aromatic rings. The fraction of sp³-hybridized carbons (Fsp3) is 1.00. The highest BCUT2D eigenvalue weighted by molar-refractivity contribution is 7.89. The minimum Gasteiger partial charge on any atom is -0.353 e. The minimum atomic E-state index is -3.35. The molecule has 17 heavy (non-hydrogen) atoms. The lowest BCUT2D eigenvalue weighted by Gasteiger charge is -2.46. The number of hydrogen-bond acceptors (Lipinski definition) is 4. The Morgan fingerprint density at radius 2 is 2.12 bits per heavy atom. The first-order valence-corrected chi connectivity index (χ1v) is 7.88. The first kappa shape index (κ1) is 13.3. The Labute approximate surface area is 103 Å². The van der Waals surface area contributed by atoms with Crippen molar-refractivity contribution < 1.29 is 17.9 Å². The fourth-order valence-electron chi connectivity index (χ4n) is 2.83. The van der Waals surface area contributed by atoms with Crippen molar-refractivity contribution in [3.05, 3.63) is 0 Å². The zero-order valence-electron chi connectivity index (χ0n) is 10.2.